The fraction of sp³-hybridized carbons (Fsp3) is 0.185. The maximum absolute atomic E-state index is 8.67. The Balaban J connectivity index is 0.000000168. The largest absolute Gasteiger partial charge is 0.488 e. The maximum atomic E-state index is 8.67. The molecule has 0 atom stereocenters. The molecule has 0 aliphatic rings. The molecule has 2 N–H and O–H groups in total. The van der Waals surface area contributed by atoms with Gasteiger partial charge in [-0.2, -0.15) is 0 Å². The molecule has 0 aliphatic heterocycles. The fourth-order valence-electron chi connectivity index (χ4n) is 3.05. The average molecular weight is 398 g/mol. The quantitative estimate of drug-likeness (QED) is 0.450. The number of rotatable bonds is 3. The van der Waals surface area contributed by atoms with E-state index in [1.165, 1.54) is 34.7 Å². The first-order valence-corrected chi connectivity index (χ1v) is 10.4. The second kappa shape index (κ2) is 12.6. The topological polar surface area (TPSA) is 40.5 Å². The van der Waals surface area contributed by atoms with Crippen LogP contribution in [0.5, 0.6) is 0 Å². The lowest BCUT2D eigenvalue weighted by Crippen LogP contribution is -2.29. The number of fused-ring (bicyclic) bond motifs is 1. The van der Waals surface area contributed by atoms with Crippen molar-refractivity contribution in [1.29, 1.82) is 0 Å². The monoisotopic (exact) mass is 398 g/mol. The van der Waals surface area contributed by atoms with Gasteiger partial charge in [-0.05, 0) is 42.1 Å². The van der Waals surface area contributed by atoms with E-state index in [0.29, 0.717) is 5.46 Å². The normalized spacial score (nSPS) is 9.77. The highest BCUT2D eigenvalue weighted by atomic mass is 16.4. The van der Waals surface area contributed by atoms with Crippen LogP contribution in [0.25, 0.3) is 10.8 Å². The van der Waals surface area contributed by atoms with Gasteiger partial charge in [-0.15, -0.1) is 0 Å². The predicted molar refractivity (Wildman–Crippen MR) is 130 cm³/mol. The van der Waals surface area contributed by atoms with Crippen LogP contribution in [0.3, 0.4) is 0 Å². The molecule has 4 aromatic carbocycles. The highest BCUT2D eigenvalue weighted by Crippen LogP contribution is 2.19. The Bertz CT molecular complexity index is 991. The van der Waals surface area contributed by atoms with Crippen LogP contribution in [-0.2, 0) is 6.42 Å². The first-order valence-electron chi connectivity index (χ1n) is 10.4. The molecule has 4 rings (SSSR count). The highest BCUT2D eigenvalue weighted by molar-refractivity contribution is 6.58. The Hall–Kier alpha value is -2.88. The molecular weight excluding hydrogens is 367 g/mol. The zero-order chi connectivity index (χ0) is 21.8. The Kier molecular flexibility index (Phi) is 9.86. The van der Waals surface area contributed by atoms with Crippen molar-refractivity contribution < 1.29 is 10.0 Å². The van der Waals surface area contributed by atoms with E-state index >= 15 is 0 Å². The third-order valence-electron chi connectivity index (χ3n) is 4.72. The molecule has 0 unspecified atom stereocenters. The summed E-state index contributed by atoms with van der Waals surface area (Å²) in [5.74, 6) is 0. The van der Waals surface area contributed by atoms with Gasteiger partial charge >= 0.3 is 7.12 Å². The molecule has 0 aliphatic carbocycles. The van der Waals surface area contributed by atoms with Crippen molar-refractivity contribution in [2.24, 2.45) is 0 Å². The molecule has 0 fully saturated rings. The van der Waals surface area contributed by atoms with Gasteiger partial charge in [0.15, 0.2) is 0 Å². The summed E-state index contributed by atoms with van der Waals surface area (Å²) in [6, 6.07) is 32.5. The molecule has 0 bridgehead atoms. The first-order chi connectivity index (χ1) is 14.5. The molecule has 0 spiro atoms. The van der Waals surface area contributed by atoms with Gasteiger partial charge in [-0.25, -0.2) is 0 Å². The lowest BCUT2D eigenvalue weighted by Gasteiger charge is -2.03. The molecule has 154 valence electrons. The van der Waals surface area contributed by atoms with Crippen molar-refractivity contribution >= 4 is 23.4 Å². The lowest BCUT2D eigenvalue weighted by atomic mass is 9.80. The Morgan fingerprint density at radius 3 is 1.77 bits per heavy atom. The van der Waals surface area contributed by atoms with Crippen LogP contribution in [0.2, 0.25) is 0 Å². The summed E-state index contributed by atoms with van der Waals surface area (Å²) in [5, 5.41) is 20.1. The molecule has 0 saturated heterocycles. The van der Waals surface area contributed by atoms with Gasteiger partial charge in [0.2, 0.25) is 0 Å². The number of aryl methyl sites for hydroxylation is 3. The van der Waals surface area contributed by atoms with Gasteiger partial charge in [0.25, 0.3) is 0 Å². The van der Waals surface area contributed by atoms with Gasteiger partial charge in [0, 0.05) is 0 Å². The second-order valence-electron chi connectivity index (χ2n) is 7.33. The highest BCUT2D eigenvalue weighted by Gasteiger charge is 2.08. The minimum absolute atomic E-state index is 0.533. The third kappa shape index (κ3) is 7.86. The van der Waals surface area contributed by atoms with Crippen molar-refractivity contribution in [3.63, 3.8) is 0 Å². The summed E-state index contributed by atoms with van der Waals surface area (Å²) in [6.45, 7) is 6.26. The minimum atomic E-state index is -1.35. The molecule has 4 aromatic rings. The zero-order valence-electron chi connectivity index (χ0n) is 18.1. The summed E-state index contributed by atoms with van der Waals surface area (Å²) in [4.78, 5) is 0. The van der Waals surface area contributed by atoms with Gasteiger partial charge < -0.3 is 10.0 Å². The zero-order valence-corrected chi connectivity index (χ0v) is 18.1. The number of hydrogen-bond acceptors (Lipinski definition) is 2. The van der Waals surface area contributed by atoms with Crippen LogP contribution in [0.4, 0.5) is 0 Å². The van der Waals surface area contributed by atoms with Crippen LogP contribution in [0, 0.1) is 13.8 Å². The molecule has 2 nitrogen and oxygen atoms in total. The van der Waals surface area contributed by atoms with Crippen LogP contribution in [-0.4, -0.2) is 17.2 Å². The van der Waals surface area contributed by atoms with E-state index in [4.69, 9.17) is 10.0 Å². The van der Waals surface area contributed by atoms with Gasteiger partial charge in [-0.3, -0.25) is 0 Å². The van der Waals surface area contributed by atoms with E-state index in [-0.39, 0.29) is 0 Å². The van der Waals surface area contributed by atoms with Crippen LogP contribution >= 0.6 is 0 Å². The Labute approximate surface area is 181 Å². The van der Waals surface area contributed by atoms with E-state index in [0.717, 1.165) is 5.56 Å². The van der Waals surface area contributed by atoms with E-state index < -0.39 is 7.12 Å². The van der Waals surface area contributed by atoms with Crippen molar-refractivity contribution in [1.82, 2.24) is 0 Å². The van der Waals surface area contributed by atoms with Crippen LogP contribution in [0.15, 0.2) is 97.1 Å². The van der Waals surface area contributed by atoms with Crippen molar-refractivity contribution in [3.05, 3.63) is 114 Å². The molecule has 3 heteroatoms. The standard InChI is InChI=1S/C13H14.C7H9BO2.C7H8/c1-2-6-11-8-5-9-12-7-3-4-10-13(11)12;1-6-2-4-7(5-3-6)8(9)10;1-7-5-3-2-4-6-7/h3-5,7-10H,2,6H2,1H3;2-5,9-10H,1H3;2-6H,1H3. The summed E-state index contributed by atoms with van der Waals surface area (Å²) in [7, 11) is -1.35. The van der Waals surface area contributed by atoms with Crippen LogP contribution < -0.4 is 5.46 Å². The predicted octanol–water partition coefficient (Wildman–Crippen LogP) is 5.46. The SMILES string of the molecule is CCCc1cccc2ccccc12.Cc1ccc(B(O)O)cc1.Cc1ccccc1. The summed E-state index contributed by atoms with van der Waals surface area (Å²) >= 11 is 0. The Morgan fingerprint density at radius 2 is 1.20 bits per heavy atom. The van der Waals surface area contributed by atoms with Crippen LogP contribution in [0.1, 0.15) is 30.0 Å². The first kappa shape index (κ1) is 23.4. The smallest absolute Gasteiger partial charge is 0.423 e. The fourth-order valence-corrected chi connectivity index (χ4v) is 3.05. The van der Waals surface area contributed by atoms with Crippen molar-refractivity contribution in [3.8, 4) is 0 Å². The van der Waals surface area contributed by atoms with E-state index in [2.05, 4.69) is 68.4 Å². The molecule has 0 aromatic heterocycles. The molecule has 0 saturated carbocycles. The van der Waals surface area contributed by atoms with E-state index in [1.807, 2.05) is 37.3 Å². The summed E-state index contributed by atoms with van der Waals surface area (Å²) < 4.78 is 0. The summed E-state index contributed by atoms with van der Waals surface area (Å²) in [5.41, 5.74) is 4.44. The molecule has 30 heavy (non-hydrogen) atoms. The van der Waals surface area contributed by atoms with Crippen molar-refractivity contribution in [2.75, 3.05) is 0 Å². The molecule has 0 heterocycles. The van der Waals surface area contributed by atoms with Gasteiger partial charge in [0.05, 0.1) is 0 Å². The third-order valence-corrected chi connectivity index (χ3v) is 4.72. The molecule has 0 amide bonds. The van der Waals surface area contributed by atoms with Gasteiger partial charge in [-0.1, -0.05) is 122 Å². The Morgan fingerprint density at radius 1 is 0.633 bits per heavy atom. The molecule has 0 radical (unpaired) electrons. The number of benzene rings is 4. The van der Waals surface area contributed by atoms with Crippen molar-refractivity contribution in [2.45, 2.75) is 33.6 Å². The molecular formula is C27H31BO2. The van der Waals surface area contributed by atoms with Gasteiger partial charge in [0.1, 0.15) is 0 Å². The summed E-state index contributed by atoms with van der Waals surface area (Å²) in [6.07, 6.45) is 2.40. The van der Waals surface area contributed by atoms with E-state index in [1.54, 1.807) is 12.1 Å². The average Bonchev–Trinajstić information content (AvgIpc) is 2.76. The number of hydrogen-bond donors (Lipinski definition) is 2. The lowest BCUT2D eigenvalue weighted by molar-refractivity contribution is 0.426. The second-order valence-corrected chi connectivity index (χ2v) is 7.33. The van der Waals surface area contributed by atoms with E-state index in [9.17, 15) is 0 Å². The maximum Gasteiger partial charge on any atom is 0.488 e. The minimum Gasteiger partial charge on any atom is -0.423 e.